The highest BCUT2D eigenvalue weighted by Gasteiger charge is 2.36. The molecule has 116 valence electrons. The molecule has 2 rings (SSSR count). The summed E-state index contributed by atoms with van der Waals surface area (Å²) in [5.41, 5.74) is 0. The number of rotatable bonds is 6. The van der Waals surface area contributed by atoms with Gasteiger partial charge in [-0.2, -0.15) is 0 Å². The summed E-state index contributed by atoms with van der Waals surface area (Å²) < 4.78 is 9.60. The average molecular weight is 311 g/mol. The number of likely N-dealkylation sites (tertiary alicyclic amines) is 1. The van der Waals surface area contributed by atoms with Crippen LogP contribution < -0.4 is 0 Å². The Morgan fingerprint density at radius 3 is 2.86 bits per heavy atom. The van der Waals surface area contributed by atoms with Crippen molar-refractivity contribution in [3.8, 4) is 0 Å². The summed E-state index contributed by atoms with van der Waals surface area (Å²) in [5.74, 6) is -0.571. The standard InChI is InChI=1S/C15H21NO4S/c1-19-14(17)8-7-12(15(18)20-2)16-9-3-5-11(16)13-6-4-10-21-13/h4,6,10-12H,3,5,7-9H2,1-2H3/t11-,12+/m1/s1. The Labute approximate surface area is 128 Å². The monoisotopic (exact) mass is 311 g/mol. The van der Waals surface area contributed by atoms with Gasteiger partial charge in [0.1, 0.15) is 6.04 Å². The zero-order valence-electron chi connectivity index (χ0n) is 12.4. The molecule has 0 bridgehead atoms. The van der Waals surface area contributed by atoms with E-state index in [9.17, 15) is 9.59 Å². The van der Waals surface area contributed by atoms with Crippen LogP contribution in [0.5, 0.6) is 0 Å². The summed E-state index contributed by atoms with van der Waals surface area (Å²) in [6, 6.07) is 3.98. The van der Waals surface area contributed by atoms with Crippen molar-refractivity contribution in [2.75, 3.05) is 20.8 Å². The van der Waals surface area contributed by atoms with Gasteiger partial charge in [0.2, 0.25) is 0 Å². The lowest BCUT2D eigenvalue weighted by molar-refractivity contribution is -0.148. The van der Waals surface area contributed by atoms with Crippen LogP contribution in [0, 0.1) is 0 Å². The molecule has 2 heterocycles. The molecule has 1 fully saturated rings. The first-order valence-corrected chi connectivity index (χ1v) is 7.99. The van der Waals surface area contributed by atoms with E-state index in [0.717, 1.165) is 19.4 Å². The van der Waals surface area contributed by atoms with Gasteiger partial charge in [-0.1, -0.05) is 6.07 Å². The molecule has 6 heteroatoms. The first-order valence-electron chi connectivity index (χ1n) is 7.11. The molecular formula is C15H21NO4S. The van der Waals surface area contributed by atoms with Crippen LogP contribution in [0.3, 0.4) is 0 Å². The fourth-order valence-corrected chi connectivity index (χ4v) is 3.74. The average Bonchev–Trinajstić information content (AvgIpc) is 3.17. The van der Waals surface area contributed by atoms with Crippen LogP contribution in [0.15, 0.2) is 17.5 Å². The third kappa shape index (κ3) is 3.83. The van der Waals surface area contributed by atoms with Gasteiger partial charge in [-0.05, 0) is 37.3 Å². The number of thiophene rings is 1. The van der Waals surface area contributed by atoms with Gasteiger partial charge in [-0.15, -0.1) is 11.3 Å². The summed E-state index contributed by atoms with van der Waals surface area (Å²) in [6.07, 6.45) is 2.74. The van der Waals surface area contributed by atoms with Crippen molar-refractivity contribution in [2.24, 2.45) is 0 Å². The number of esters is 2. The first-order chi connectivity index (χ1) is 10.2. The highest BCUT2D eigenvalue weighted by molar-refractivity contribution is 7.10. The predicted molar refractivity (Wildman–Crippen MR) is 80.1 cm³/mol. The van der Waals surface area contributed by atoms with E-state index in [1.165, 1.54) is 19.1 Å². The van der Waals surface area contributed by atoms with Gasteiger partial charge in [0.25, 0.3) is 0 Å². The molecule has 0 amide bonds. The Kier molecular flexibility index (Phi) is 5.76. The van der Waals surface area contributed by atoms with E-state index in [0.29, 0.717) is 6.42 Å². The largest absolute Gasteiger partial charge is 0.469 e. The van der Waals surface area contributed by atoms with Gasteiger partial charge in [0.15, 0.2) is 0 Å². The van der Waals surface area contributed by atoms with Gasteiger partial charge in [-0.25, -0.2) is 0 Å². The molecule has 0 unspecified atom stereocenters. The third-order valence-electron chi connectivity index (χ3n) is 3.89. The van der Waals surface area contributed by atoms with E-state index < -0.39 is 0 Å². The zero-order valence-corrected chi connectivity index (χ0v) is 13.2. The lowest BCUT2D eigenvalue weighted by atomic mass is 10.1. The van der Waals surface area contributed by atoms with Crippen molar-refractivity contribution in [2.45, 2.75) is 37.8 Å². The SMILES string of the molecule is COC(=O)CC[C@@H](C(=O)OC)N1CCC[C@@H]1c1cccs1. The number of carbonyl (C=O) groups excluding carboxylic acids is 2. The fourth-order valence-electron chi connectivity index (χ4n) is 2.86. The molecule has 0 N–H and O–H groups in total. The van der Waals surface area contributed by atoms with Crippen molar-refractivity contribution in [3.63, 3.8) is 0 Å². The molecule has 1 saturated heterocycles. The van der Waals surface area contributed by atoms with E-state index in [1.807, 2.05) is 11.4 Å². The molecule has 0 radical (unpaired) electrons. The fraction of sp³-hybridized carbons (Fsp3) is 0.600. The van der Waals surface area contributed by atoms with Gasteiger partial charge in [0, 0.05) is 17.3 Å². The number of methoxy groups -OCH3 is 2. The summed E-state index contributed by atoms with van der Waals surface area (Å²) in [4.78, 5) is 26.9. The Morgan fingerprint density at radius 2 is 2.24 bits per heavy atom. The van der Waals surface area contributed by atoms with Gasteiger partial charge < -0.3 is 9.47 Å². The van der Waals surface area contributed by atoms with Crippen LogP contribution in [0.25, 0.3) is 0 Å². The molecule has 1 aliphatic heterocycles. The van der Waals surface area contributed by atoms with E-state index in [1.54, 1.807) is 11.3 Å². The van der Waals surface area contributed by atoms with Crippen LogP contribution in [-0.2, 0) is 19.1 Å². The van der Waals surface area contributed by atoms with Crippen molar-refractivity contribution in [1.29, 1.82) is 0 Å². The number of hydrogen-bond acceptors (Lipinski definition) is 6. The molecular weight excluding hydrogens is 290 g/mol. The zero-order chi connectivity index (χ0) is 15.2. The maximum absolute atomic E-state index is 12.1. The predicted octanol–water partition coefficient (Wildman–Crippen LogP) is 2.38. The lowest BCUT2D eigenvalue weighted by Crippen LogP contribution is -2.41. The second-order valence-electron chi connectivity index (χ2n) is 5.07. The molecule has 1 aromatic rings. The van der Waals surface area contributed by atoms with E-state index in [4.69, 9.17) is 4.74 Å². The van der Waals surface area contributed by atoms with Crippen LogP contribution in [-0.4, -0.2) is 43.6 Å². The van der Waals surface area contributed by atoms with E-state index in [-0.39, 0.29) is 30.4 Å². The Balaban J connectivity index is 2.11. The molecule has 1 aromatic heterocycles. The van der Waals surface area contributed by atoms with E-state index in [2.05, 4.69) is 15.7 Å². The lowest BCUT2D eigenvalue weighted by Gasteiger charge is -2.30. The molecule has 0 spiro atoms. The summed E-state index contributed by atoms with van der Waals surface area (Å²) in [7, 11) is 2.75. The maximum atomic E-state index is 12.1. The van der Waals surface area contributed by atoms with Gasteiger partial charge >= 0.3 is 11.9 Å². The van der Waals surface area contributed by atoms with Crippen molar-refractivity contribution in [3.05, 3.63) is 22.4 Å². The quantitative estimate of drug-likeness (QED) is 0.755. The van der Waals surface area contributed by atoms with Crippen molar-refractivity contribution >= 4 is 23.3 Å². The minimum absolute atomic E-state index is 0.226. The smallest absolute Gasteiger partial charge is 0.323 e. The number of nitrogens with zero attached hydrogens (tertiary/aromatic N) is 1. The third-order valence-corrected chi connectivity index (χ3v) is 4.86. The number of ether oxygens (including phenoxy) is 2. The van der Waals surface area contributed by atoms with E-state index >= 15 is 0 Å². The highest BCUT2D eigenvalue weighted by atomic mass is 32.1. The minimum atomic E-state index is -0.385. The summed E-state index contributed by atoms with van der Waals surface area (Å²) in [5, 5.41) is 2.05. The second-order valence-corrected chi connectivity index (χ2v) is 6.04. The molecule has 0 saturated carbocycles. The number of hydrogen-bond donors (Lipinski definition) is 0. The summed E-state index contributed by atoms with van der Waals surface area (Å²) >= 11 is 1.70. The van der Waals surface area contributed by atoms with Crippen molar-refractivity contribution < 1.29 is 19.1 Å². The molecule has 21 heavy (non-hydrogen) atoms. The molecule has 0 aromatic carbocycles. The normalized spacial score (nSPS) is 20.2. The Bertz CT molecular complexity index is 474. The Hall–Kier alpha value is -1.40. The first kappa shape index (κ1) is 16.0. The molecule has 5 nitrogen and oxygen atoms in total. The molecule has 1 aliphatic rings. The van der Waals surface area contributed by atoms with Crippen LogP contribution in [0.1, 0.15) is 36.6 Å². The van der Waals surface area contributed by atoms with Crippen LogP contribution in [0.4, 0.5) is 0 Å². The van der Waals surface area contributed by atoms with Crippen molar-refractivity contribution in [1.82, 2.24) is 4.90 Å². The topological polar surface area (TPSA) is 55.8 Å². The van der Waals surface area contributed by atoms with Crippen LogP contribution >= 0.6 is 11.3 Å². The Morgan fingerprint density at radius 1 is 1.43 bits per heavy atom. The van der Waals surface area contributed by atoms with Gasteiger partial charge in [0.05, 0.1) is 14.2 Å². The highest BCUT2D eigenvalue weighted by Crippen LogP contribution is 2.37. The summed E-state index contributed by atoms with van der Waals surface area (Å²) in [6.45, 7) is 0.851. The minimum Gasteiger partial charge on any atom is -0.469 e. The second kappa shape index (κ2) is 7.56. The molecule has 2 atom stereocenters. The number of carbonyl (C=O) groups is 2. The van der Waals surface area contributed by atoms with Crippen LogP contribution in [0.2, 0.25) is 0 Å². The maximum Gasteiger partial charge on any atom is 0.323 e. The van der Waals surface area contributed by atoms with Gasteiger partial charge in [-0.3, -0.25) is 14.5 Å². The molecule has 0 aliphatic carbocycles.